The lowest BCUT2D eigenvalue weighted by Crippen LogP contribution is -2.63. The van der Waals surface area contributed by atoms with Crippen molar-refractivity contribution in [3.05, 3.63) is 29.3 Å². The number of nitrogens with one attached hydrogen (secondary N) is 2. The van der Waals surface area contributed by atoms with E-state index in [-0.39, 0.29) is 11.8 Å². The maximum Gasteiger partial charge on any atom is 0.255 e. The fourth-order valence-corrected chi connectivity index (χ4v) is 2.46. The molecule has 2 rings (SSSR count). The fraction of sp³-hybridized carbons (Fsp3) is 0.467. The van der Waals surface area contributed by atoms with E-state index in [0.29, 0.717) is 18.7 Å². The maximum atomic E-state index is 12.7. The molecule has 0 spiro atoms. The minimum Gasteiger partial charge on any atom is -0.388 e. The topological polar surface area (TPSA) is 61.4 Å². The third-order valence-electron chi connectivity index (χ3n) is 3.84. The average Bonchev–Trinajstić information content (AvgIpc) is 2.41. The monoisotopic (exact) mass is 275 g/mol. The molecule has 1 aromatic carbocycles. The average molecular weight is 275 g/mol. The Morgan fingerprint density at radius 1 is 1.40 bits per heavy atom. The van der Waals surface area contributed by atoms with Crippen LogP contribution in [-0.2, 0) is 4.79 Å². The standard InChI is InChI=1S/C15H21N3O2/c1-10-9-11(16-4)5-6-12(10)13(19)18-8-7-17-14(20)15(18,2)3/h5-6,9,16H,7-8H2,1-4H3,(H,17,20). The van der Waals surface area contributed by atoms with Gasteiger partial charge in [-0.2, -0.15) is 0 Å². The Morgan fingerprint density at radius 2 is 2.10 bits per heavy atom. The summed E-state index contributed by atoms with van der Waals surface area (Å²) >= 11 is 0. The van der Waals surface area contributed by atoms with Crippen LogP contribution in [-0.4, -0.2) is 42.4 Å². The molecule has 5 heteroatoms. The van der Waals surface area contributed by atoms with E-state index in [1.165, 1.54) is 0 Å². The quantitative estimate of drug-likeness (QED) is 0.857. The Labute approximate surface area is 119 Å². The van der Waals surface area contributed by atoms with Crippen LogP contribution in [0.4, 0.5) is 5.69 Å². The predicted octanol–water partition coefficient (Wildman–Crippen LogP) is 1.39. The van der Waals surface area contributed by atoms with Crippen molar-refractivity contribution in [3.63, 3.8) is 0 Å². The molecule has 2 amide bonds. The summed E-state index contributed by atoms with van der Waals surface area (Å²) in [6, 6.07) is 5.62. The van der Waals surface area contributed by atoms with Gasteiger partial charge in [-0.05, 0) is 44.5 Å². The largest absolute Gasteiger partial charge is 0.388 e. The smallest absolute Gasteiger partial charge is 0.255 e. The molecular formula is C15H21N3O2. The van der Waals surface area contributed by atoms with Crippen LogP contribution in [0.1, 0.15) is 29.8 Å². The highest BCUT2D eigenvalue weighted by Gasteiger charge is 2.40. The number of nitrogens with zero attached hydrogens (tertiary/aromatic N) is 1. The van der Waals surface area contributed by atoms with Gasteiger partial charge in [0, 0.05) is 31.4 Å². The van der Waals surface area contributed by atoms with Crippen molar-refractivity contribution in [2.75, 3.05) is 25.5 Å². The molecular weight excluding hydrogens is 254 g/mol. The van der Waals surface area contributed by atoms with Crippen LogP contribution in [0.3, 0.4) is 0 Å². The van der Waals surface area contributed by atoms with Crippen LogP contribution < -0.4 is 10.6 Å². The highest BCUT2D eigenvalue weighted by atomic mass is 16.2. The van der Waals surface area contributed by atoms with Gasteiger partial charge in [-0.1, -0.05) is 0 Å². The lowest BCUT2D eigenvalue weighted by molar-refractivity contribution is -0.133. The lowest BCUT2D eigenvalue weighted by atomic mass is 9.96. The fourth-order valence-electron chi connectivity index (χ4n) is 2.46. The molecule has 0 unspecified atom stereocenters. The van der Waals surface area contributed by atoms with Gasteiger partial charge in [0.05, 0.1) is 0 Å². The zero-order valence-corrected chi connectivity index (χ0v) is 12.4. The van der Waals surface area contributed by atoms with Gasteiger partial charge >= 0.3 is 0 Å². The normalized spacial score (nSPS) is 17.6. The van der Waals surface area contributed by atoms with E-state index in [4.69, 9.17) is 0 Å². The summed E-state index contributed by atoms with van der Waals surface area (Å²) in [5.74, 6) is -0.202. The van der Waals surface area contributed by atoms with Gasteiger partial charge in [0.25, 0.3) is 5.91 Å². The summed E-state index contributed by atoms with van der Waals surface area (Å²) in [6.07, 6.45) is 0. The second kappa shape index (κ2) is 5.15. The van der Waals surface area contributed by atoms with Gasteiger partial charge in [0.1, 0.15) is 5.54 Å². The Hall–Kier alpha value is -2.04. The van der Waals surface area contributed by atoms with Crippen molar-refractivity contribution in [1.29, 1.82) is 0 Å². The maximum absolute atomic E-state index is 12.7. The summed E-state index contributed by atoms with van der Waals surface area (Å²) in [5, 5.41) is 5.85. The molecule has 1 fully saturated rings. The van der Waals surface area contributed by atoms with Crippen molar-refractivity contribution < 1.29 is 9.59 Å². The molecule has 0 atom stereocenters. The molecule has 0 bridgehead atoms. The summed E-state index contributed by atoms with van der Waals surface area (Å²) in [7, 11) is 1.84. The number of piperazine rings is 1. The first-order valence-corrected chi connectivity index (χ1v) is 6.76. The van der Waals surface area contributed by atoms with Gasteiger partial charge < -0.3 is 15.5 Å². The molecule has 0 radical (unpaired) electrons. The minimum atomic E-state index is -0.816. The van der Waals surface area contributed by atoms with E-state index >= 15 is 0 Å². The van der Waals surface area contributed by atoms with E-state index in [0.717, 1.165) is 11.3 Å². The first-order valence-electron chi connectivity index (χ1n) is 6.76. The third-order valence-corrected chi connectivity index (χ3v) is 3.84. The number of hydrogen-bond donors (Lipinski definition) is 2. The molecule has 20 heavy (non-hydrogen) atoms. The molecule has 0 aromatic heterocycles. The summed E-state index contributed by atoms with van der Waals surface area (Å²) in [6.45, 7) is 6.49. The van der Waals surface area contributed by atoms with Crippen LogP contribution in [0.15, 0.2) is 18.2 Å². The van der Waals surface area contributed by atoms with Crippen LogP contribution in [0, 0.1) is 6.92 Å². The predicted molar refractivity (Wildman–Crippen MR) is 78.9 cm³/mol. The number of aryl methyl sites for hydroxylation is 1. The summed E-state index contributed by atoms with van der Waals surface area (Å²) in [5.41, 5.74) is 1.70. The second-order valence-electron chi connectivity index (χ2n) is 5.55. The van der Waals surface area contributed by atoms with E-state index in [2.05, 4.69) is 10.6 Å². The molecule has 1 saturated heterocycles. The number of anilines is 1. The zero-order chi connectivity index (χ0) is 14.9. The highest BCUT2D eigenvalue weighted by Crippen LogP contribution is 2.23. The van der Waals surface area contributed by atoms with Gasteiger partial charge in [-0.3, -0.25) is 9.59 Å². The lowest BCUT2D eigenvalue weighted by Gasteiger charge is -2.41. The van der Waals surface area contributed by atoms with Gasteiger partial charge in [-0.15, -0.1) is 0 Å². The Morgan fingerprint density at radius 3 is 2.70 bits per heavy atom. The van der Waals surface area contributed by atoms with Crippen LogP contribution in [0.25, 0.3) is 0 Å². The van der Waals surface area contributed by atoms with Crippen LogP contribution in [0.5, 0.6) is 0 Å². The first-order chi connectivity index (χ1) is 9.37. The Bertz CT molecular complexity index is 552. The van der Waals surface area contributed by atoms with Gasteiger partial charge in [-0.25, -0.2) is 0 Å². The Balaban J connectivity index is 2.33. The van der Waals surface area contributed by atoms with E-state index in [1.54, 1.807) is 18.7 Å². The molecule has 5 nitrogen and oxygen atoms in total. The molecule has 1 aliphatic rings. The van der Waals surface area contributed by atoms with Crippen LogP contribution >= 0.6 is 0 Å². The highest BCUT2D eigenvalue weighted by molar-refractivity contribution is 6.00. The number of carbonyl (C=O) groups excluding carboxylic acids is 2. The number of amides is 2. The van der Waals surface area contributed by atoms with Crippen molar-refractivity contribution in [2.24, 2.45) is 0 Å². The number of benzene rings is 1. The minimum absolute atomic E-state index is 0.0926. The summed E-state index contributed by atoms with van der Waals surface area (Å²) < 4.78 is 0. The van der Waals surface area contributed by atoms with Crippen LogP contribution in [0.2, 0.25) is 0 Å². The van der Waals surface area contributed by atoms with E-state index < -0.39 is 5.54 Å². The molecule has 108 valence electrons. The molecule has 1 heterocycles. The molecule has 0 aliphatic carbocycles. The first kappa shape index (κ1) is 14.4. The Kier molecular flexibility index (Phi) is 3.70. The number of rotatable bonds is 2. The van der Waals surface area contributed by atoms with Crippen molar-refractivity contribution in [3.8, 4) is 0 Å². The van der Waals surface area contributed by atoms with Gasteiger partial charge in [0.15, 0.2) is 0 Å². The number of hydrogen-bond acceptors (Lipinski definition) is 3. The molecule has 2 N–H and O–H groups in total. The SMILES string of the molecule is CNc1ccc(C(=O)N2CCNC(=O)C2(C)C)c(C)c1. The van der Waals surface area contributed by atoms with Crippen molar-refractivity contribution >= 4 is 17.5 Å². The molecule has 1 aromatic rings. The zero-order valence-electron chi connectivity index (χ0n) is 12.4. The molecule has 0 saturated carbocycles. The number of carbonyl (C=O) groups is 2. The second-order valence-corrected chi connectivity index (χ2v) is 5.55. The summed E-state index contributed by atoms with van der Waals surface area (Å²) in [4.78, 5) is 26.3. The van der Waals surface area contributed by atoms with E-state index in [1.807, 2.05) is 32.2 Å². The van der Waals surface area contributed by atoms with Crippen molar-refractivity contribution in [1.82, 2.24) is 10.2 Å². The van der Waals surface area contributed by atoms with Gasteiger partial charge in [0.2, 0.25) is 5.91 Å². The molecule has 1 aliphatic heterocycles. The van der Waals surface area contributed by atoms with E-state index in [9.17, 15) is 9.59 Å². The van der Waals surface area contributed by atoms with Crippen molar-refractivity contribution in [2.45, 2.75) is 26.3 Å². The third kappa shape index (κ3) is 2.35.